The third-order valence-electron chi connectivity index (χ3n) is 2.56. The first-order valence-electron chi connectivity index (χ1n) is 5.69. The number of halogens is 2. The van der Waals surface area contributed by atoms with E-state index in [9.17, 15) is 4.79 Å². The molecule has 0 unspecified atom stereocenters. The highest BCUT2D eigenvalue weighted by atomic mass is 79.9. The van der Waals surface area contributed by atoms with Gasteiger partial charge in [0, 0.05) is 4.47 Å². The molecule has 1 amide bonds. The van der Waals surface area contributed by atoms with Crippen LogP contribution in [0.25, 0.3) is 0 Å². The Balaban J connectivity index is 2.33. The molecule has 0 fully saturated rings. The number of aromatic nitrogens is 1. The molecular weight excluding hydrogens is 358 g/mol. The smallest absolute Gasteiger partial charge is 0.275 e. The summed E-state index contributed by atoms with van der Waals surface area (Å²) in [5.41, 5.74) is 3.04. The van der Waals surface area contributed by atoms with Gasteiger partial charge in [-0.05, 0) is 30.3 Å². The Kier molecular flexibility index (Phi) is 4.75. The third kappa shape index (κ3) is 3.49. The maximum atomic E-state index is 12.2. The van der Waals surface area contributed by atoms with Crippen LogP contribution in [0.2, 0.25) is 5.02 Å². The van der Waals surface area contributed by atoms with Crippen molar-refractivity contribution >= 4 is 44.9 Å². The van der Waals surface area contributed by atoms with Crippen molar-refractivity contribution in [2.24, 2.45) is 5.84 Å². The normalized spacial score (nSPS) is 9.81. The average molecular weight is 367 g/mol. The maximum absolute atomic E-state index is 12.2. The molecule has 1 heterocycles. The van der Waals surface area contributed by atoms with Gasteiger partial charge in [-0.1, -0.05) is 27.5 Å². The number of nitrogen functional groups attached to an aromatic ring is 1. The first-order valence-corrected chi connectivity index (χ1v) is 6.86. The summed E-state index contributed by atoms with van der Waals surface area (Å²) < 4.78 is 0.738. The second-order valence-electron chi connectivity index (χ2n) is 3.93. The van der Waals surface area contributed by atoms with Gasteiger partial charge in [0.05, 0.1) is 16.3 Å². The van der Waals surface area contributed by atoms with Gasteiger partial charge >= 0.3 is 0 Å². The molecule has 0 saturated carbocycles. The fourth-order valence-electron chi connectivity index (χ4n) is 1.58. The van der Waals surface area contributed by atoms with Gasteiger partial charge in [-0.15, -0.1) is 0 Å². The van der Waals surface area contributed by atoms with Crippen molar-refractivity contribution in [3.8, 4) is 6.07 Å². The summed E-state index contributed by atoms with van der Waals surface area (Å²) in [6.45, 7) is 0. The number of hydrazine groups is 1. The molecule has 21 heavy (non-hydrogen) atoms. The number of hydrogen-bond donors (Lipinski definition) is 3. The number of pyridine rings is 1. The van der Waals surface area contributed by atoms with E-state index in [-0.39, 0.29) is 10.7 Å². The molecule has 0 spiro atoms. The highest BCUT2D eigenvalue weighted by molar-refractivity contribution is 9.10. The zero-order valence-corrected chi connectivity index (χ0v) is 12.9. The summed E-state index contributed by atoms with van der Waals surface area (Å²) in [5, 5.41) is 11.9. The number of nitrogens with two attached hydrogens (primary N) is 1. The Morgan fingerprint density at radius 1 is 1.38 bits per heavy atom. The van der Waals surface area contributed by atoms with Crippen LogP contribution in [-0.2, 0) is 0 Å². The Morgan fingerprint density at radius 3 is 2.81 bits per heavy atom. The molecule has 0 saturated heterocycles. The average Bonchev–Trinajstić information content (AvgIpc) is 2.49. The minimum absolute atomic E-state index is 0.0129. The first kappa shape index (κ1) is 15.3. The molecule has 1 aromatic heterocycles. The van der Waals surface area contributed by atoms with Crippen molar-refractivity contribution in [1.82, 2.24) is 4.98 Å². The van der Waals surface area contributed by atoms with Gasteiger partial charge < -0.3 is 10.7 Å². The highest BCUT2D eigenvalue weighted by Crippen LogP contribution is 2.22. The second kappa shape index (κ2) is 6.54. The van der Waals surface area contributed by atoms with Crippen LogP contribution >= 0.6 is 27.5 Å². The van der Waals surface area contributed by atoms with Gasteiger partial charge in [0.15, 0.2) is 0 Å². The van der Waals surface area contributed by atoms with Crippen LogP contribution in [0.3, 0.4) is 0 Å². The lowest BCUT2D eigenvalue weighted by atomic mass is 10.2. The van der Waals surface area contributed by atoms with Crippen LogP contribution in [0.4, 0.5) is 11.5 Å². The molecule has 8 heteroatoms. The summed E-state index contributed by atoms with van der Waals surface area (Å²) in [6, 6.07) is 9.97. The topological polar surface area (TPSA) is 104 Å². The number of carbonyl (C=O) groups is 1. The second-order valence-corrected chi connectivity index (χ2v) is 5.25. The van der Waals surface area contributed by atoms with E-state index in [1.54, 1.807) is 24.3 Å². The number of hydrogen-bond acceptors (Lipinski definition) is 5. The van der Waals surface area contributed by atoms with E-state index >= 15 is 0 Å². The molecule has 106 valence electrons. The number of anilines is 2. The van der Waals surface area contributed by atoms with E-state index in [1.807, 2.05) is 6.07 Å². The molecule has 0 atom stereocenters. The van der Waals surface area contributed by atoms with Crippen LogP contribution in [0.15, 0.2) is 34.8 Å². The summed E-state index contributed by atoms with van der Waals surface area (Å²) in [5.74, 6) is 5.02. The molecule has 6 nitrogen and oxygen atoms in total. The van der Waals surface area contributed by atoms with Gasteiger partial charge in [0.25, 0.3) is 5.91 Å². The van der Waals surface area contributed by atoms with Crippen molar-refractivity contribution in [2.75, 3.05) is 10.7 Å². The number of carbonyl (C=O) groups excluding carboxylic acids is 1. The summed E-state index contributed by atoms with van der Waals surface area (Å²) >= 11 is 9.21. The molecule has 0 aliphatic heterocycles. The largest absolute Gasteiger partial charge is 0.319 e. The van der Waals surface area contributed by atoms with Crippen molar-refractivity contribution in [1.29, 1.82) is 5.26 Å². The number of nitrogens with one attached hydrogen (secondary N) is 2. The molecule has 0 bridgehead atoms. The van der Waals surface area contributed by atoms with Crippen molar-refractivity contribution in [2.45, 2.75) is 0 Å². The SMILES string of the molecule is N#Cc1cc(Br)ccc1NC(=O)c1nc(NN)ccc1Cl. The summed E-state index contributed by atoms with van der Waals surface area (Å²) in [7, 11) is 0. The Hall–Kier alpha value is -2.14. The summed E-state index contributed by atoms with van der Waals surface area (Å²) in [6.07, 6.45) is 0. The van der Waals surface area contributed by atoms with Gasteiger partial charge in [0.2, 0.25) is 0 Å². The van der Waals surface area contributed by atoms with Crippen LogP contribution in [0.1, 0.15) is 16.1 Å². The lowest BCUT2D eigenvalue weighted by Crippen LogP contribution is -2.17. The standard InChI is InChI=1S/C13H9BrClN5O/c14-8-1-3-10(7(5-8)6-16)18-13(21)12-9(15)2-4-11(19-12)20-17/h1-5H,17H2,(H,18,21)(H,19,20). The molecule has 4 N–H and O–H groups in total. The number of benzene rings is 1. The maximum Gasteiger partial charge on any atom is 0.275 e. The van der Waals surface area contributed by atoms with E-state index < -0.39 is 5.91 Å². The molecule has 2 rings (SSSR count). The lowest BCUT2D eigenvalue weighted by molar-refractivity contribution is 0.102. The molecule has 1 aromatic carbocycles. The van der Waals surface area contributed by atoms with Crippen LogP contribution in [-0.4, -0.2) is 10.9 Å². The van der Waals surface area contributed by atoms with Crippen molar-refractivity contribution < 1.29 is 4.79 Å². The molecule has 0 radical (unpaired) electrons. The molecule has 2 aromatic rings. The molecule has 0 aliphatic carbocycles. The van der Waals surface area contributed by atoms with E-state index in [0.717, 1.165) is 4.47 Å². The van der Waals surface area contributed by atoms with Gasteiger partial charge in [-0.2, -0.15) is 5.26 Å². The minimum atomic E-state index is -0.532. The first-order chi connectivity index (χ1) is 10.0. The highest BCUT2D eigenvalue weighted by Gasteiger charge is 2.15. The van der Waals surface area contributed by atoms with Crippen LogP contribution in [0.5, 0.6) is 0 Å². The number of nitriles is 1. The zero-order chi connectivity index (χ0) is 15.4. The van der Waals surface area contributed by atoms with Crippen molar-refractivity contribution in [3.05, 3.63) is 51.1 Å². The monoisotopic (exact) mass is 365 g/mol. The van der Waals surface area contributed by atoms with E-state index in [0.29, 0.717) is 17.1 Å². The summed E-state index contributed by atoms with van der Waals surface area (Å²) in [4.78, 5) is 16.2. The van der Waals surface area contributed by atoms with Gasteiger partial charge in [-0.25, -0.2) is 10.8 Å². The van der Waals surface area contributed by atoms with Crippen molar-refractivity contribution in [3.63, 3.8) is 0 Å². The lowest BCUT2D eigenvalue weighted by Gasteiger charge is -2.09. The van der Waals surface area contributed by atoms with E-state index in [1.165, 1.54) is 6.07 Å². The Bertz CT molecular complexity index is 744. The quantitative estimate of drug-likeness (QED) is 0.572. The van der Waals surface area contributed by atoms with E-state index in [4.69, 9.17) is 22.7 Å². The van der Waals surface area contributed by atoms with Crippen LogP contribution in [0, 0.1) is 11.3 Å². The molecule has 0 aliphatic rings. The van der Waals surface area contributed by atoms with Gasteiger partial charge in [0.1, 0.15) is 17.6 Å². The van der Waals surface area contributed by atoms with Gasteiger partial charge in [-0.3, -0.25) is 4.79 Å². The predicted molar refractivity (Wildman–Crippen MR) is 83.9 cm³/mol. The third-order valence-corrected chi connectivity index (χ3v) is 3.36. The fourth-order valence-corrected chi connectivity index (χ4v) is 2.13. The number of rotatable bonds is 3. The Morgan fingerprint density at radius 2 is 2.14 bits per heavy atom. The number of amides is 1. The predicted octanol–water partition coefficient (Wildman–Crippen LogP) is 2.91. The molecular formula is C13H9BrClN5O. The zero-order valence-electron chi connectivity index (χ0n) is 10.5. The van der Waals surface area contributed by atoms with Crippen LogP contribution < -0.4 is 16.6 Å². The fraction of sp³-hybridized carbons (Fsp3) is 0. The minimum Gasteiger partial charge on any atom is -0.319 e. The van der Waals surface area contributed by atoms with E-state index in [2.05, 4.69) is 31.7 Å². The Labute approximate surface area is 134 Å². The number of nitrogens with zero attached hydrogens (tertiary/aromatic N) is 2.